The molecule has 0 heterocycles. The Kier molecular flexibility index (Phi) is 15.9. The fourth-order valence-corrected chi connectivity index (χ4v) is 2.98. The molecular weight excluding hydrogens is 457 g/mol. The van der Waals surface area contributed by atoms with Crippen molar-refractivity contribution in [3.8, 4) is 5.75 Å². The van der Waals surface area contributed by atoms with Gasteiger partial charge in [0, 0.05) is 11.6 Å². The van der Waals surface area contributed by atoms with E-state index in [1.165, 1.54) is 24.0 Å². The highest BCUT2D eigenvalue weighted by atomic mass is 35.5. The van der Waals surface area contributed by atoms with Crippen LogP contribution in [0.5, 0.6) is 5.75 Å². The smallest absolute Gasteiger partial charge is 0.344 e. The molecule has 186 valence electrons. The van der Waals surface area contributed by atoms with Gasteiger partial charge >= 0.3 is 5.97 Å². The molecule has 6 heteroatoms. The lowest BCUT2D eigenvalue weighted by Gasteiger charge is -2.18. The van der Waals surface area contributed by atoms with E-state index in [9.17, 15) is 4.79 Å². The summed E-state index contributed by atoms with van der Waals surface area (Å²) >= 11 is 5.72. The standard InChI is InChI=1S/C15H24.C12H16ClNO3.ClH/c1-13-7-5-8-14(2)10-12-15(3,4)11-6-9-13;1-14(2)7-8-16-12(15)9-17-11-5-3-10(13)4-6-11;/h6-7,10-11H,5,8-9,12H2,1-4H3;3-6H,7-9H2,1-2H3;1H. The summed E-state index contributed by atoms with van der Waals surface area (Å²) in [6, 6.07) is 6.81. The molecule has 0 radical (unpaired) electrons. The largest absolute Gasteiger partial charge is 0.482 e. The zero-order valence-electron chi connectivity index (χ0n) is 21.0. The van der Waals surface area contributed by atoms with E-state index < -0.39 is 0 Å². The first-order valence-corrected chi connectivity index (χ1v) is 11.6. The quantitative estimate of drug-likeness (QED) is 0.305. The zero-order chi connectivity index (χ0) is 24.0. The molecule has 0 aliphatic heterocycles. The summed E-state index contributed by atoms with van der Waals surface area (Å²) in [7, 11) is 3.83. The van der Waals surface area contributed by atoms with Gasteiger partial charge in [-0.25, -0.2) is 4.79 Å². The average molecular weight is 499 g/mol. The molecule has 1 aliphatic rings. The molecule has 0 saturated carbocycles. The molecule has 0 bridgehead atoms. The van der Waals surface area contributed by atoms with Crippen LogP contribution in [0.15, 0.2) is 59.7 Å². The van der Waals surface area contributed by atoms with Gasteiger partial charge in [0.05, 0.1) is 0 Å². The number of allylic oxidation sites excluding steroid dienone is 6. The number of halogens is 2. The Morgan fingerprint density at radius 3 is 2.39 bits per heavy atom. The highest BCUT2D eigenvalue weighted by molar-refractivity contribution is 6.30. The minimum Gasteiger partial charge on any atom is -0.482 e. The molecule has 1 aromatic carbocycles. The summed E-state index contributed by atoms with van der Waals surface area (Å²) in [6.07, 6.45) is 14.1. The Hall–Kier alpha value is -1.75. The second kappa shape index (κ2) is 16.8. The summed E-state index contributed by atoms with van der Waals surface area (Å²) in [4.78, 5) is 13.2. The lowest BCUT2D eigenvalue weighted by molar-refractivity contribution is -0.146. The van der Waals surface area contributed by atoms with Crippen molar-refractivity contribution in [3.63, 3.8) is 0 Å². The first-order chi connectivity index (χ1) is 15.1. The summed E-state index contributed by atoms with van der Waals surface area (Å²) < 4.78 is 10.2. The third kappa shape index (κ3) is 16.5. The topological polar surface area (TPSA) is 38.8 Å². The summed E-state index contributed by atoms with van der Waals surface area (Å²) in [6.45, 7) is 10.1. The Bertz CT molecular complexity index is 781. The van der Waals surface area contributed by atoms with Crippen molar-refractivity contribution in [3.05, 3.63) is 64.7 Å². The highest BCUT2D eigenvalue weighted by Gasteiger charge is 2.11. The Morgan fingerprint density at radius 2 is 1.76 bits per heavy atom. The third-order valence-corrected chi connectivity index (χ3v) is 5.24. The SMILES string of the molecule is CC1=CCCC(C)=CCC(C)(C)C=CC1.CN(C)CCOC(=O)COc1ccc(Cl)cc1.Cl. The van der Waals surface area contributed by atoms with Gasteiger partial charge in [-0.2, -0.15) is 0 Å². The van der Waals surface area contributed by atoms with Crippen molar-refractivity contribution in [2.24, 2.45) is 5.41 Å². The lowest BCUT2D eigenvalue weighted by Crippen LogP contribution is -2.22. The van der Waals surface area contributed by atoms with Gasteiger partial charge in [0.15, 0.2) is 6.61 Å². The van der Waals surface area contributed by atoms with Crippen LogP contribution < -0.4 is 4.74 Å². The number of nitrogens with zero attached hydrogens (tertiary/aromatic N) is 1. The van der Waals surface area contributed by atoms with E-state index in [-0.39, 0.29) is 25.0 Å². The lowest BCUT2D eigenvalue weighted by atomic mass is 9.87. The van der Waals surface area contributed by atoms with Crippen molar-refractivity contribution in [2.45, 2.75) is 53.4 Å². The van der Waals surface area contributed by atoms with Crippen LogP contribution in [0.3, 0.4) is 0 Å². The number of hydrogen-bond acceptors (Lipinski definition) is 4. The summed E-state index contributed by atoms with van der Waals surface area (Å²) in [5.41, 5.74) is 3.34. The maximum Gasteiger partial charge on any atom is 0.344 e. The molecule has 0 fully saturated rings. The van der Waals surface area contributed by atoms with Crippen molar-refractivity contribution in [2.75, 3.05) is 33.9 Å². The van der Waals surface area contributed by atoms with Crippen LogP contribution in [-0.4, -0.2) is 44.7 Å². The molecule has 0 saturated heterocycles. The van der Waals surface area contributed by atoms with E-state index in [2.05, 4.69) is 52.0 Å². The molecule has 2 rings (SSSR count). The van der Waals surface area contributed by atoms with E-state index in [0.29, 0.717) is 29.3 Å². The molecule has 1 aromatic rings. The van der Waals surface area contributed by atoms with Crippen LogP contribution in [-0.2, 0) is 9.53 Å². The highest BCUT2D eigenvalue weighted by Crippen LogP contribution is 2.25. The van der Waals surface area contributed by atoms with Crippen molar-refractivity contribution in [1.82, 2.24) is 4.90 Å². The number of ether oxygens (including phenoxy) is 2. The molecule has 0 aromatic heterocycles. The fraction of sp³-hybridized carbons (Fsp3) is 0.519. The molecule has 0 amide bonds. The molecule has 4 nitrogen and oxygen atoms in total. The van der Waals surface area contributed by atoms with E-state index >= 15 is 0 Å². The van der Waals surface area contributed by atoms with E-state index in [4.69, 9.17) is 21.1 Å². The summed E-state index contributed by atoms with van der Waals surface area (Å²) in [5, 5.41) is 0.630. The first kappa shape index (κ1) is 31.2. The number of hydrogen-bond donors (Lipinski definition) is 0. The molecule has 33 heavy (non-hydrogen) atoms. The van der Waals surface area contributed by atoms with Crippen molar-refractivity contribution < 1.29 is 14.3 Å². The molecule has 0 atom stereocenters. The normalized spacial score (nSPS) is 15.6. The molecule has 0 N–H and O–H groups in total. The number of likely N-dealkylation sites (N-methyl/N-ethyl adjacent to an activating group) is 1. The van der Waals surface area contributed by atoms with Crippen LogP contribution in [0.2, 0.25) is 5.02 Å². The Labute approximate surface area is 212 Å². The van der Waals surface area contributed by atoms with E-state index in [1.54, 1.807) is 24.3 Å². The zero-order valence-corrected chi connectivity index (χ0v) is 22.6. The van der Waals surface area contributed by atoms with E-state index in [0.717, 1.165) is 12.8 Å². The monoisotopic (exact) mass is 497 g/mol. The van der Waals surface area contributed by atoms with Gasteiger partial charge in [0.1, 0.15) is 12.4 Å². The van der Waals surface area contributed by atoms with Gasteiger partial charge < -0.3 is 14.4 Å². The van der Waals surface area contributed by atoms with Gasteiger partial charge in [-0.3, -0.25) is 0 Å². The van der Waals surface area contributed by atoms with Gasteiger partial charge in [-0.05, 0) is 83.3 Å². The Balaban J connectivity index is 0.000000607. The second-order valence-electron chi connectivity index (χ2n) is 9.21. The minimum absolute atomic E-state index is 0. The predicted octanol–water partition coefficient (Wildman–Crippen LogP) is 7.28. The van der Waals surface area contributed by atoms with E-state index in [1.807, 2.05) is 19.0 Å². The van der Waals surface area contributed by atoms with Crippen LogP contribution in [0.1, 0.15) is 53.4 Å². The Morgan fingerprint density at radius 1 is 1.09 bits per heavy atom. The number of rotatable bonds is 6. The number of benzene rings is 1. The fourth-order valence-electron chi connectivity index (χ4n) is 2.86. The molecule has 1 aliphatic carbocycles. The van der Waals surface area contributed by atoms with Gasteiger partial charge in [0.2, 0.25) is 0 Å². The first-order valence-electron chi connectivity index (χ1n) is 11.2. The van der Waals surface area contributed by atoms with Crippen LogP contribution in [0, 0.1) is 5.41 Å². The van der Waals surface area contributed by atoms with Crippen LogP contribution in [0.25, 0.3) is 0 Å². The maximum absolute atomic E-state index is 11.3. The number of esters is 1. The van der Waals surface area contributed by atoms with Crippen LogP contribution in [0.4, 0.5) is 0 Å². The predicted molar refractivity (Wildman–Crippen MR) is 143 cm³/mol. The molecule has 0 unspecified atom stereocenters. The van der Waals surface area contributed by atoms with Crippen molar-refractivity contribution >= 4 is 30.0 Å². The average Bonchev–Trinajstić information content (AvgIpc) is 2.74. The third-order valence-electron chi connectivity index (χ3n) is 4.99. The van der Waals surface area contributed by atoms with Crippen LogP contribution >= 0.6 is 24.0 Å². The maximum atomic E-state index is 11.3. The minimum atomic E-state index is -0.373. The number of carbonyl (C=O) groups excluding carboxylic acids is 1. The second-order valence-corrected chi connectivity index (χ2v) is 9.64. The molecule has 0 spiro atoms. The van der Waals surface area contributed by atoms with Gasteiger partial charge in [0.25, 0.3) is 0 Å². The summed E-state index contributed by atoms with van der Waals surface area (Å²) in [5.74, 6) is 0.223. The van der Waals surface area contributed by atoms with Gasteiger partial charge in [-0.15, -0.1) is 12.4 Å². The van der Waals surface area contributed by atoms with Crippen molar-refractivity contribution in [1.29, 1.82) is 0 Å². The van der Waals surface area contributed by atoms with Gasteiger partial charge in [-0.1, -0.05) is 60.9 Å². The number of carbonyl (C=O) groups is 1. The molecular formula is C27H41Cl2NO3.